The maximum Gasteiger partial charge on any atom is 0.265 e. The van der Waals surface area contributed by atoms with E-state index >= 15 is 0 Å². The molecule has 2 aliphatic rings. The van der Waals surface area contributed by atoms with Crippen molar-refractivity contribution < 1.29 is 14.3 Å². The van der Waals surface area contributed by atoms with E-state index in [1.165, 1.54) is 24.6 Å². The molecule has 1 N–H and O–H groups in total. The van der Waals surface area contributed by atoms with Gasteiger partial charge < -0.3 is 10.1 Å². The Morgan fingerprint density at radius 3 is 2.66 bits per heavy atom. The Morgan fingerprint density at radius 1 is 1.19 bits per heavy atom. The molecule has 1 aliphatic heterocycles. The smallest absolute Gasteiger partial charge is 0.265 e. The lowest BCUT2D eigenvalue weighted by atomic mass is 10.1. The summed E-state index contributed by atoms with van der Waals surface area (Å²) in [6.07, 6.45) is 8.67. The molecular formula is C25H27BrN2O3S. The van der Waals surface area contributed by atoms with Crippen LogP contribution in [0.3, 0.4) is 0 Å². The molecule has 7 heteroatoms. The average molecular weight is 515 g/mol. The molecule has 5 nitrogen and oxygen atoms in total. The van der Waals surface area contributed by atoms with Crippen LogP contribution in [0.2, 0.25) is 0 Å². The van der Waals surface area contributed by atoms with E-state index in [4.69, 9.17) is 4.74 Å². The normalized spacial score (nSPS) is 18.2. The summed E-state index contributed by atoms with van der Waals surface area (Å²) in [6.45, 7) is 0.0244. The molecular weight excluding hydrogens is 488 g/mol. The first kappa shape index (κ1) is 22.9. The fraction of sp³-hybridized carbons (Fsp3) is 0.360. The third kappa shape index (κ3) is 5.38. The second kappa shape index (κ2) is 10.6. The average Bonchev–Trinajstić information content (AvgIpc) is 3.05. The highest BCUT2D eigenvalue weighted by Crippen LogP contribution is 2.42. The number of carbonyl (C=O) groups is 2. The lowest BCUT2D eigenvalue weighted by molar-refractivity contribution is -0.123. The Kier molecular flexibility index (Phi) is 7.58. The summed E-state index contributed by atoms with van der Waals surface area (Å²) in [4.78, 5) is 29.4. The van der Waals surface area contributed by atoms with Crippen molar-refractivity contribution in [3.05, 3.63) is 57.4 Å². The van der Waals surface area contributed by atoms with E-state index in [0.717, 1.165) is 52.1 Å². The molecule has 2 amide bonds. The van der Waals surface area contributed by atoms with Gasteiger partial charge in [0.05, 0.1) is 22.2 Å². The van der Waals surface area contributed by atoms with Gasteiger partial charge in [0.1, 0.15) is 12.3 Å². The number of thioether (sulfide) groups is 1. The van der Waals surface area contributed by atoms with Crippen molar-refractivity contribution in [3.8, 4) is 5.75 Å². The van der Waals surface area contributed by atoms with Crippen molar-refractivity contribution in [2.45, 2.75) is 49.5 Å². The van der Waals surface area contributed by atoms with Gasteiger partial charge in [-0.25, -0.2) is 0 Å². The highest BCUT2D eigenvalue weighted by atomic mass is 79.9. The van der Waals surface area contributed by atoms with Crippen molar-refractivity contribution >= 4 is 51.3 Å². The van der Waals surface area contributed by atoms with Crippen molar-refractivity contribution in [1.29, 1.82) is 0 Å². The van der Waals surface area contributed by atoms with E-state index in [9.17, 15) is 9.59 Å². The molecule has 2 aromatic carbocycles. The topological polar surface area (TPSA) is 58.6 Å². The van der Waals surface area contributed by atoms with Gasteiger partial charge in [0.25, 0.3) is 5.91 Å². The summed E-state index contributed by atoms with van der Waals surface area (Å²) in [7, 11) is 1.62. The number of benzene rings is 2. The Morgan fingerprint density at radius 2 is 1.94 bits per heavy atom. The number of anilines is 1. The monoisotopic (exact) mass is 514 g/mol. The zero-order valence-electron chi connectivity index (χ0n) is 18.1. The predicted molar refractivity (Wildman–Crippen MR) is 133 cm³/mol. The summed E-state index contributed by atoms with van der Waals surface area (Å²) in [5, 5.41) is 3.16. The number of nitrogens with zero attached hydrogens (tertiary/aromatic N) is 1. The van der Waals surface area contributed by atoms with Crippen LogP contribution in [0.1, 0.15) is 44.1 Å². The number of nitrogens with one attached hydrogen (secondary N) is 1. The summed E-state index contributed by atoms with van der Waals surface area (Å²) in [5.74, 6) is 0.479. The van der Waals surface area contributed by atoms with Crippen molar-refractivity contribution in [3.63, 3.8) is 0 Å². The second-order valence-electron chi connectivity index (χ2n) is 8.12. The number of rotatable bonds is 5. The van der Waals surface area contributed by atoms with Crippen LogP contribution >= 0.6 is 27.7 Å². The molecule has 4 rings (SSSR count). The number of hydrogen-bond acceptors (Lipinski definition) is 4. The lowest BCUT2D eigenvalue weighted by Crippen LogP contribution is -2.45. The van der Waals surface area contributed by atoms with Gasteiger partial charge in [-0.3, -0.25) is 14.5 Å². The van der Waals surface area contributed by atoms with E-state index < -0.39 is 0 Å². The fourth-order valence-electron chi connectivity index (χ4n) is 4.18. The van der Waals surface area contributed by atoms with Crippen LogP contribution in [0.25, 0.3) is 6.08 Å². The SMILES string of the molecule is COc1ccc(/C=C2/Sc3ccccc3N(CC(=O)NC3CCCCCC3)C2=O)cc1Br. The van der Waals surface area contributed by atoms with Crippen molar-refractivity contribution in [1.82, 2.24) is 5.32 Å². The molecule has 0 atom stereocenters. The van der Waals surface area contributed by atoms with Crippen LogP contribution in [0.4, 0.5) is 5.69 Å². The number of methoxy groups -OCH3 is 1. The van der Waals surface area contributed by atoms with Crippen LogP contribution in [-0.4, -0.2) is 31.5 Å². The largest absolute Gasteiger partial charge is 0.496 e. The molecule has 32 heavy (non-hydrogen) atoms. The molecule has 0 bridgehead atoms. The minimum Gasteiger partial charge on any atom is -0.496 e. The zero-order chi connectivity index (χ0) is 22.5. The van der Waals surface area contributed by atoms with Crippen LogP contribution in [0.5, 0.6) is 5.75 Å². The molecule has 1 heterocycles. The number of para-hydroxylation sites is 1. The molecule has 0 spiro atoms. The third-order valence-corrected chi connectivity index (χ3v) is 7.52. The summed E-state index contributed by atoms with van der Waals surface area (Å²) < 4.78 is 6.12. The minimum atomic E-state index is -0.156. The van der Waals surface area contributed by atoms with E-state index in [2.05, 4.69) is 21.2 Å². The van der Waals surface area contributed by atoms with E-state index in [1.54, 1.807) is 12.0 Å². The number of hydrogen-bond donors (Lipinski definition) is 1. The molecule has 0 radical (unpaired) electrons. The molecule has 0 saturated heterocycles. The third-order valence-electron chi connectivity index (χ3n) is 5.83. The van der Waals surface area contributed by atoms with Gasteiger partial charge in [-0.05, 0) is 64.7 Å². The van der Waals surface area contributed by atoms with Crippen LogP contribution in [-0.2, 0) is 9.59 Å². The second-order valence-corrected chi connectivity index (χ2v) is 10.1. The van der Waals surface area contributed by atoms with E-state index in [0.29, 0.717) is 4.91 Å². The van der Waals surface area contributed by atoms with Crippen molar-refractivity contribution in [2.24, 2.45) is 0 Å². The standard InChI is InChI=1S/C25H27BrN2O3S/c1-31-21-13-12-17(14-19(21)26)15-23-25(30)28(20-10-6-7-11-22(20)32-23)16-24(29)27-18-8-4-2-3-5-9-18/h6-7,10-15,18H,2-5,8-9,16H2,1H3,(H,27,29)/b23-15+. The van der Waals surface area contributed by atoms with Gasteiger partial charge in [0, 0.05) is 10.9 Å². The molecule has 1 saturated carbocycles. The summed E-state index contributed by atoms with van der Waals surface area (Å²) in [5.41, 5.74) is 1.67. The number of amides is 2. The molecule has 0 aromatic heterocycles. The minimum absolute atomic E-state index is 0.0244. The number of halogens is 1. The first-order valence-electron chi connectivity index (χ1n) is 11.0. The van der Waals surface area contributed by atoms with Crippen LogP contribution in [0, 0.1) is 0 Å². The van der Waals surface area contributed by atoms with Gasteiger partial charge in [-0.1, -0.05) is 55.6 Å². The van der Waals surface area contributed by atoms with Gasteiger partial charge >= 0.3 is 0 Å². The first-order chi connectivity index (χ1) is 15.5. The summed E-state index contributed by atoms with van der Waals surface area (Å²) in [6, 6.07) is 13.6. The van der Waals surface area contributed by atoms with Gasteiger partial charge in [-0.15, -0.1) is 0 Å². The van der Waals surface area contributed by atoms with E-state index in [1.807, 2.05) is 48.5 Å². The molecule has 168 valence electrons. The summed E-state index contributed by atoms with van der Waals surface area (Å²) >= 11 is 4.94. The Bertz CT molecular complexity index is 1030. The Hall–Kier alpha value is -2.25. The highest BCUT2D eigenvalue weighted by Gasteiger charge is 2.31. The van der Waals surface area contributed by atoms with Crippen LogP contribution < -0.4 is 15.0 Å². The predicted octanol–water partition coefficient (Wildman–Crippen LogP) is 5.78. The molecule has 0 unspecified atom stereocenters. The zero-order valence-corrected chi connectivity index (χ0v) is 20.5. The maximum atomic E-state index is 13.4. The Balaban J connectivity index is 1.56. The number of fused-ring (bicyclic) bond motifs is 1. The number of carbonyl (C=O) groups excluding carboxylic acids is 2. The quantitative estimate of drug-likeness (QED) is 0.406. The van der Waals surface area contributed by atoms with Crippen LogP contribution in [0.15, 0.2) is 56.7 Å². The maximum absolute atomic E-state index is 13.4. The Labute approximate surface area is 201 Å². The molecule has 1 aliphatic carbocycles. The highest BCUT2D eigenvalue weighted by molar-refractivity contribution is 9.10. The lowest BCUT2D eigenvalue weighted by Gasteiger charge is -2.30. The molecule has 1 fully saturated rings. The first-order valence-corrected chi connectivity index (χ1v) is 12.6. The molecule has 2 aromatic rings. The number of ether oxygens (including phenoxy) is 1. The van der Waals surface area contributed by atoms with Gasteiger partial charge in [0.2, 0.25) is 5.91 Å². The fourth-order valence-corrected chi connectivity index (χ4v) is 5.80. The van der Waals surface area contributed by atoms with Gasteiger partial charge in [0.15, 0.2) is 0 Å². The van der Waals surface area contributed by atoms with E-state index in [-0.39, 0.29) is 24.4 Å². The van der Waals surface area contributed by atoms with Crippen molar-refractivity contribution in [2.75, 3.05) is 18.6 Å². The van der Waals surface area contributed by atoms with Gasteiger partial charge in [-0.2, -0.15) is 0 Å².